The molecule has 1 saturated carbocycles. The van der Waals surface area contributed by atoms with Crippen molar-refractivity contribution in [3.63, 3.8) is 0 Å². The molecule has 1 unspecified atom stereocenters. The maximum Gasteiger partial charge on any atom is 0.239 e. The molecule has 0 aliphatic heterocycles. The molecule has 1 fully saturated rings. The monoisotopic (exact) mass is 471 g/mol. The van der Waals surface area contributed by atoms with Crippen molar-refractivity contribution in [2.75, 3.05) is 0 Å². The standard InChI is InChI=1S/C22H22BrN3O2S/c1-13(2)9-18(21(27)25-22(12-24)7-8-22)26-29-15-4-6-20-17(11-15)16-10-14(23)3-5-19(16)28-20/h3-6,10-11,13,18,26H,7-9H2,1-2H3,(H,25,27). The topological polar surface area (TPSA) is 78.1 Å². The van der Waals surface area contributed by atoms with Crippen LogP contribution in [0.25, 0.3) is 21.9 Å². The van der Waals surface area contributed by atoms with E-state index < -0.39 is 5.54 Å². The van der Waals surface area contributed by atoms with E-state index in [1.807, 2.05) is 24.3 Å². The van der Waals surface area contributed by atoms with Crippen molar-refractivity contribution in [3.8, 4) is 6.07 Å². The first kappa shape index (κ1) is 20.3. The summed E-state index contributed by atoms with van der Waals surface area (Å²) in [6, 6.07) is 13.8. The Labute approximate surface area is 182 Å². The number of hydrogen-bond acceptors (Lipinski definition) is 5. The fourth-order valence-corrected chi connectivity index (χ4v) is 4.48. The van der Waals surface area contributed by atoms with Crippen LogP contribution in [-0.4, -0.2) is 17.5 Å². The molecule has 1 aliphatic rings. The minimum absolute atomic E-state index is 0.107. The third-order valence-corrected chi connectivity index (χ3v) is 6.46. The summed E-state index contributed by atoms with van der Waals surface area (Å²) >= 11 is 4.95. The van der Waals surface area contributed by atoms with Crippen molar-refractivity contribution in [1.29, 1.82) is 5.26 Å². The van der Waals surface area contributed by atoms with Crippen molar-refractivity contribution in [2.24, 2.45) is 5.92 Å². The summed E-state index contributed by atoms with van der Waals surface area (Å²) in [4.78, 5) is 13.7. The number of nitrogens with one attached hydrogen (secondary N) is 2. The minimum Gasteiger partial charge on any atom is -0.456 e. The molecule has 3 aromatic rings. The second-order valence-corrected chi connectivity index (χ2v) is 9.81. The molecule has 2 N–H and O–H groups in total. The Bertz CT molecular complexity index is 1110. The molecule has 150 valence electrons. The fraction of sp³-hybridized carbons (Fsp3) is 0.364. The highest BCUT2D eigenvalue weighted by Crippen LogP contribution is 2.35. The van der Waals surface area contributed by atoms with Gasteiger partial charge in [0.05, 0.1) is 12.1 Å². The largest absolute Gasteiger partial charge is 0.456 e. The van der Waals surface area contributed by atoms with Crippen LogP contribution in [0.4, 0.5) is 0 Å². The van der Waals surface area contributed by atoms with Gasteiger partial charge in [-0.1, -0.05) is 29.8 Å². The van der Waals surface area contributed by atoms with Crippen LogP contribution < -0.4 is 10.0 Å². The van der Waals surface area contributed by atoms with Gasteiger partial charge in [-0.15, -0.1) is 0 Å². The van der Waals surface area contributed by atoms with E-state index in [0.29, 0.717) is 12.3 Å². The number of carbonyl (C=O) groups excluding carboxylic acids is 1. The summed E-state index contributed by atoms with van der Waals surface area (Å²) in [5, 5.41) is 14.3. The Balaban J connectivity index is 1.52. The minimum atomic E-state index is -0.652. The quantitative estimate of drug-likeness (QED) is 0.442. The maximum atomic E-state index is 12.7. The van der Waals surface area contributed by atoms with Gasteiger partial charge in [-0.25, -0.2) is 4.72 Å². The van der Waals surface area contributed by atoms with Crippen LogP contribution in [0.5, 0.6) is 0 Å². The molecule has 0 spiro atoms. The summed E-state index contributed by atoms with van der Waals surface area (Å²) < 4.78 is 10.2. The lowest BCUT2D eigenvalue weighted by molar-refractivity contribution is -0.123. The molecule has 29 heavy (non-hydrogen) atoms. The van der Waals surface area contributed by atoms with Crippen LogP contribution in [0, 0.1) is 17.2 Å². The summed E-state index contributed by atoms with van der Waals surface area (Å²) in [7, 11) is 0. The number of benzene rings is 2. The highest BCUT2D eigenvalue weighted by atomic mass is 79.9. The van der Waals surface area contributed by atoms with Crippen molar-refractivity contribution < 1.29 is 9.21 Å². The van der Waals surface area contributed by atoms with Gasteiger partial charge in [0.15, 0.2) is 0 Å². The number of nitriles is 1. The van der Waals surface area contributed by atoms with Crippen LogP contribution >= 0.6 is 27.9 Å². The molecule has 0 saturated heterocycles. The molecule has 2 aromatic carbocycles. The highest BCUT2D eigenvalue weighted by molar-refractivity contribution is 9.10. The second-order valence-electron chi connectivity index (χ2n) is 7.99. The number of halogens is 1. The van der Waals surface area contributed by atoms with Gasteiger partial charge in [0.1, 0.15) is 16.7 Å². The van der Waals surface area contributed by atoms with Crippen LogP contribution in [0.3, 0.4) is 0 Å². The van der Waals surface area contributed by atoms with Crippen molar-refractivity contribution in [3.05, 3.63) is 40.9 Å². The summed E-state index contributed by atoms with van der Waals surface area (Å²) in [5.41, 5.74) is 1.03. The molecule has 0 bridgehead atoms. The first-order valence-electron chi connectivity index (χ1n) is 9.66. The molecule has 1 heterocycles. The van der Waals surface area contributed by atoms with Crippen molar-refractivity contribution in [1.82, 2.24) is 10.0 Å². The van der Waals surface area contributed by atoms with E-state index in [9.17, 15) is 10.1 Å². The number of hydrogen-bond donors (Lipinski definition) is 2. The van der Waals surface area contributed by atoms with Gasteiger partial charge in [-0.3, -0.25) is 4.79 Å². The lowest BCUT2D eigenvalue weighted by atomic mass is 10.0. The molecule has 1 aromatic heterocycles. The van der Waals surface area contributed by atoms with Gasteiger partial charge in [0, 0.05) is 20.1 Å². The number of furan rings is 1. The summed E-state index contributed by atoms with van der Waals surface area (Å²) in [6.45, 7) is 4.18. The highest BCUT2D eigenvalue weighted by Gasteiger charge is 2.45. The first-order valence-corrected chi connectivity index (χ1v) is 11.3. The molecular formula is C22H22BrN3O2S. The third kappa shape index (κ3) is 4.45. The lowest BCUT2D eigenvalue weighted by Gasteiger charge is -2.21. The fourth-order valence-electron chi connectivity index (χ4n) is 3.32. The predicted octanol–water partition coefficient (Wildman–Crippen LogP) is 5.53. The third-order valence-electron chi connectivity index (χ3n) is 5.07. The Hall–Kier alpha value is -2.01. The molecule has 7 heteroatoms. The van der Waals surface area contributed by atoms with Crippen molar-refractivity contribution in [2.45, 2.75) is 49.6 Å². The maximum absolute atomic E-state index is 12.7. The van der Waals surface area contributed by atoms with Crippen LogP contribution in [-0.2, 0) is 4.79 Å². The molecule has 0 radical (unpaired) electrons. The second kappa shape index (κ2) is 8.02. The molecular weight excluding hydrogens is 450 g/mol. The Morgan fingerprint density at radius 2 is 1.93 bits per heavy atom. The van der Waals surface area contributed by atoms with E-state index in [-0.39, 0.29) is 11.9 Å². The lowest BCUT2D eigenvalue weighted by Crippen LogP contribution is -2.47. The zero-order chi connectivity index (χ0) is 20.6. The average Bonchev–Trinajstić information content (AvgIpc) is 3.38. The molecule has 5 nitrogen and oxygen atoms in total. The normalized spacial score (nSPS) is 16.1. The van der Waals surface area contributed by atoms with Gasteiger partial charge in [-0.05, 0) is 73.5 Å². The van der Waals surface area contributed by atoms with E-state index in [4.69, 9.17) is 4.42 Å². The summed E-state index contributed by atoms with van der Waals surface area (Å²) in [5.74, 6) is 0.248. The van der Waals surface area contributed by atoms with Gasteiger partial charge >= 0.3 is 0 Å². The first-order chi connectivity index (χ1) is 13.9. The van der Waals surface area contributed by atoms with Crippen LogP contribution in [0.15, 0.2) is 50.2 Å². The predicted molar refractivity (Wildman–Crippen MR) is 119 cm³/mol. The molecule has 1 amide bonds. The van der Waals surface area contributed by atoms with Gasteiger partial charge in [0.25, 0.3) is 0 Å². The summed E-state index contributed by atoms with van der Waals surface area (Å²) in [6.07, 6.45) is 2.16. The van der Waals surface area contributed by atoms with E-state index in [1.54, 1.807) is 0 Å². The number of fused-ring (bicyclic) bond motifs is 3. The zero-order valence-corrected chi connectivity index (χ0v) is 18.7. The van der Waals surface area contributed by atoms with Crippen LogP contribution in [0.2, 0.25) is 0 Å². The zero-order valence-electron chi connectivity index (χ0n) is 16.3. The van der Waals surface area contributed by atoms with Gasteiger partial charge in [0.2, 0.25) is 5.91 Å². The molecule has 1 aliphatic carbocycles. The van der Waals surface area contributed by atoms with Crippen LogP contribution in [0.1, 0.15) is 33.1 Å². The van der Waals surface area contributed by atoms with Crippen molar-refractivity contribution >= 4 is 55.7 Å². The Kier molecular flexibility index (Phi) is 5.60. The molecule has 4 rings (SSSR count). The van der Waals surface area contributed by atoms with Gasteiger partial charge < -0.3 is 9.73 Å². The van der Waals surface area contributed by atoms with E-state index in [2.05, 4.69) is 58.0 Å². The SMILES string of the molecule is CC(C)CC(NSc1ccc2oc3ccc(Br)cc3c2c1)C(=O)NC1(C#N)CC1. The van der Waals surface area contributed by atoms with E-state index in [1.165, 1.54) is 11.9 Å². The Morgan fingerprint density at radius 1 is 1.24 bits per heavy atom. The molecule has 1 atom stereocenters. The van der Waals surface area contributed by atoms with E-state index >= 15 is 0 Å². The number of nitrogens with zero attached hydrogens (tertiary/aromatic N) is 1. The smallest absolute Gasteiger partial charge is 0.239 e. The number of carbonyl (C=O) groups is 1. The van der Waals surface area contributed by atoms with E-state index in [0.717, 1.165) is 44.1 Å². The number of amides is 1. The Morgan fingerprint density at radius 3 is 2.59 bits per heavy atom. The average molecular weight is 472 g/mol. The number of rotatable bonds is 7. The van der Waals surface area contributed by atoms with Gasteiger partial charge in [-0.2, -0.15) is 5.26 Å².